The second-order valence-corrected chi connectivity index (χ2v) is 7.42. The zero-order chi connectivity index (χ0) is 16.4. The molecule has 124 valence electrons. The largest absolute Gasteiger partial charge is 0.497 e. The molecule has 4 heterocycles. The second-order valence-electron chi connectivity index (χ2n) is 7.42. The zero-order valence-corrected chi connectivity index (χ0v) is 14.1. The molecule has 1 N–H and O–H groups in total. The van der Waals surface area contributed by atoms with Gasteiger partial charge in [0.2, 0.25) is 0 Å². The Bertz CT molecular complexity index is 879. The monoisotopic (exact) mass is 322 g/mol. The lowest BCUT2D eigenvalue weighted by Crippen LogP contribution is -2.55. The van der Waals surface area contributed by atoms with Crippen molar-refractivity contribution >= 4 is 17.2 Å². The van der Waals surface area contributed by atoms with Gasteiger partial charge >= 0.3 is 0 Å². The van der Waals surface area contributed by atoms with Crippen LogP contribution in [0.2, 0.25) is 0 Å². The Labute approximate surface area is 141 Å². The van der Waals surface area contributed by atoms with Crippen molar-refractivity contribution in [3.8, 4) is 0 Å². The molecule has 1 fully saturated rings. The Morgan fingerprint density at radius 3 is 3.00 bits per heavy atom. The van der Waals surface area contributed by atoms with Crippen LogP contribution in [0.1, 0.15) is 30.6 Å². The molecule has 5 rings (SSSR count). The van der Waals surface area contributed by atoms with Crippen LogP contribution >= 0.6 is 0 Å². The first-order valence-corrected chi connectivity index (χ1v) is 8.80. The summed E-state index contributed by atoms with van der Waals surface area (Å²) in [5, 5.41) is 5.21. The maximum absolute atomic E-state index is 11.6. The molecule has 0 saturated carbocycles. The Morgan fingerprint density at radius 2 is 2.17 bits per heavy atom. The molecule has 4 atom stereocenters. The predicted molar refractivity (Wildman–Crippen MR) is 92.6 cm³/mol. The van der Waals surface area contributed by atoms with E-state index in [1.807, 2.05) is 6.92 Å². The number of hydrogen-bond donors (Lipinski definition) is 1. The normalized spacial score (nSPS) is 31.4. The van der Waals surface area contributed by atoms with E-state index >= 15 is 0 Å². The van der Waals surface area contributed by atoms with Crippen molar-refractivity contribution in [1.29, 1.82) is 0 Å². The van der Waals surface area contributed by atoms with Gasteiger partial charge in [0.1, 0.15) is 6.29 Å². The first-order valence-electron chi connectivity index (χ1n) is 8.80. The number of hydrogen-bond acceptors (Lipinski definition) is 3. The highest BCUT2D eigenvalue weighted by molar-refractivity contribution is 5.86. The van der Waals surface area contributed by atoms with Gasteiger partial charge < -0.3 is 14.6 Å². The van der Waals surface area contributed by atoms with Gasteiger partial charge in [-0.05, 0) is 37.3 Å². The molecule has 2 bridgehead atoms. The van der Waals surface area contributed by atoms with E-state index in [-0.39, 0.29) is 0 Å². The minimum atomic E-state index is 0.318. The fourth-order valence-corrected chi connectivity index (χ4v) is 5.26. The average molecular weight is 322 g/mol. The minimum Gasteiger partial charge on any atom is -0.497 e. The van der Waals surface area contributed by atoms with Crippen molar-refractivity contribution in [3.63, 3.8) is 0 Å². The van der Waals surface area contributed by atoms with E-state index in [2.05, 4.69) is 41.2 Å². The molecular formula is C20H22N2O2. The summed E-state index contributed by atoms with van der Waals surface area (Å²) >= 11 is 0. The first kappa shape index (κ1) is 14.3. The maximum Gasteiger partial charge on any atom is 0.149 e. The molecular weight excluding hydrogens is 300 g/mol. The summed E-state index contributed by atoms with van der Waals surface area (Å²) in [4.78, 5) is 11.6. The van der Waals surface area contributed by atoms with E-state index in [9.17, 15) is 4.79 Å². The maximum atomic E-state index is 11.6. The number of aromatic nitrogens is 1. The van der Waals surface area contributed by atoms with Crippen LogP contribution in [0.25, 0.3) is 10.9 Å². The summed E-state index contributed by atoms with van der Waals surface area (Å²) in [5.74, 6) is 1.53. The van der Waals surface area contributed by atoms with Gasteiger partial charge in [-0.3, -0.25) is 4.79 Å². The van der Waals surface area contributed by atoms with Crippen LogP contribution in [-0.4, -0.2) is 23.5 Å². The quantitative estimate of drug-likeness (QED) is 0.821. The second kappa shape index (κ2) is 4.96. The Hall–Kier alpha value is -2.07. The minimum absolute atomic E-state index is 0.318. The van der Waals surface area contributed by atoms with E-state index < -0.39 is 0 Å². The highest BCUT2D eigenvalue weighted by Gasteiger charge is 2.46. The van der Waals surface area contributed by atoms with Gasteiger partial charge in [0, 0.05) is 47.2 Å². The molecule has 0 spiro atoms. The third-order valence-corrected chi connectivity index (χ3v) is 6.38. The van der Waals surface area contributed by atoms with Crippen molar-refractivity contribution in [2.24, 2.45) is 18.9 Å². The Morgan fingerprint density at radius 1 is 1.33 bits per heavy atom. The molecule has 2 aromatic rings. The smallest absolute Gasteiger partial charge is 0.149 e. The molecule has 0 aliphatic carbocycles. The van der Waals surface area contributed by atoms with Gasteiger partial charge in [-0.15, -0.1) is 0 Å². The first-order chi connectivity index (χ1) is 11.7. The van der Waals surface area contributed by atoms with E-state index in [4.69, 9.17) is 4.74 Å². The van der Waals surface area contributed by atoms with Gasteiger partial charge in [0.05, 0.1) is 12.4 Å². The van der Waals surface area contributed by atoms with E-state index in [0.717, 1.165) is 37.1 Å². The van der Waals surface area contributed by atoms with Crippen molar-refractivity contribution in [2.45, 2.75) is 31.8 Å². The number of rotatable bonds is 1. The number of allylic oxidation sites excluding steroid dienone is 2. The number of benzene rings is 1. The number of piperidine rings is 1. The molecule has 3 aliphatic heterocycles. The number of fused-ring (bicyclic) bond motifs is 8. The number of aryl methyl sites for hydroxylation is 1. The number of carbonyl (C=O) groups excluding carboxylic acids is 1. The molecule has 0 radical (unpaired) electrons. The molecule has 0 unspecified atom stereocenters. The van der Waals surface area contributed by atoms with Crippen molar-refractivity contribution in [2.75, 3.05) is 6.61 Å². The van der Waals surface area contributed by atoms with Crippen LogP contribution in [0.4, 0.5) is 0 Å². The highest BCUT2D eigenvalue weighted by atomic mass is 16.5. The van der Waals surface area contributed by atoms with Crippen molar-refractivity contribution in [3.05, 3.63) is 46.9 Å². The summed E-state index contributed by atoms with van der Waals surface area (Å²) in [5.41, 5.74) is 5.07. The summed E-state index contributed by atoms with van der Waals surface area (Å²) < 4.78 is 8.17. The molecule has 1 saturated heterocycles. The third kappa shape index (κ3) is 1.75. The van der Waals surface area contributed by atoms with Gasteiger partial charge in [0.15, 0.2) is 0 Å². The topological polar surface area (TPSA) is 43.3 Å². The number of nitrogens with zero attached hydrogens (tertiary/aromatic N) is 1. The van der Waals surface area contributed by atoms with Gasteiger partial charge in [-0.25, -0.2) is 0 Å². The van der Waals surface area contributed by atoms with Crippen LogP contribution < -0.4 is 5.32 Å². The Balaban J connectivity index is 1.66. The molecule has 4 nitrogen and oxygen atoms in total. The number of aldehydes is 1. The SMILES string of the molecule is CC1=C(C=O)[C@@H]2C[C@@H]3N[C@@H](Cc4c3n(C)c3ccccc43)[C@@H]2CO1. The zero-order valence-electron chi connectivity index (χ0n) is 14.1. The van der Waals surface area contributed by atoms with E-state index in [1.54, 1.807) is 0 Å². The number of nitrogens with one attached hydrogen (secondary N) is 1. The van der Waals surface area contributed by atoms with Gasteiger partial charge in [0.25, 0.3) is 0 Å². The van der Waals surface area contributed by atoms with Crippen molar-refractivity contribution < 1.29 is 9.53 Å². The fraction of sp³-hybridized carbons (Fsp3) is 0.450. The summed E-state index contributed by atoms with van der Waals surface area (Å²) in [6.45, 7) is 2.65. The molecule has 1 aromatic carbocycles. The molecule has 24 heavy (non-hydrogen) atoms. The summed E-state index contributed by atoms with van der Waals surface area (Å²) in [7, 11) is 2.17. The standard InChI is InChI=1S/C20H22N2O2/c1-11-15(9-23)13-7-18-20-14(8-17(21-18)16(13)10-24-11)12-5-3-4-6-19(12)22(20)2/h3-6,9,13,16-18,21H,7-8,10H2,1-2H3/t13-,16+,17-,18-/m0/s1. The summed E-state index contributed by atoms with van der Waals surface area (Å²) in [6, 6.07) is 9.38. The Kier molecular flexibility index (Phi) is 2.95. The van der Waals surface area contributed by atoms with Crippen molar-refractivity contribution in [1.82, 2.24) is 9.88 Å². The van der Waals surface area contributed by atoms with Crippen LogP contribution in [0.3, 0.4) is 0 Å². The van der Waals surface area contributed by atoms with Gasteiger partial charge in [-0.1, -0.05) is 18.2 Å². The van der Waals surface area contributed by atoms with Crippen LogP contribution in [-0.2, 0) is 23.0 Å². The number of para-hydroxylation sites is 1. The van der Waals surface area contributed by atoms with E-state index in [1.165, 1.54) is 22.2 Å². The van der Waals surface area contributed by atoms with Crippen LogP contribution in [0.5, 0.6) is 0 Å². The number of carbonyl (C=O) groups is 1. The fourth-order valence-electron chi connectivity index (χ4n) is 5.26. The lowest BCUT2D eigenvalue weighted by molar-refractivity contribution is -0.106. The van der Waals surface area contributed by atoms with Crippen LogP contribution in [0.15, 0.2) is 35.6 Å². The summed E-state index contributed by atoms with van der Waals surface area (Å²) in [6.07, 6.45) is 3.02. The highest BCUT2D eigenvalue weighted by Crippen LogP contribution is 2.47. The lowest BCUT2D eigenvalue weighted by atomic mass is 9.68. The lowest BCUT2D eigenvalue weighted by Gasteiger charge is -2.48. The van der Waals surface area contributed by atoms with Gasteiger partial charge in [-0.2, -0.15) is 0 Å². The third-order valence-electron chi connectivity index (χ3n) is 6.38. The molecule has 4 heteroatoms. The number of ether oxygens (including phenoxy) is 1. The van der Waals surface area contributed by atoms with E-state index in [0.29, 0.717) is 23.9 Å². The molecule has 1 aromatic heterocycles. The predicted octanol–water partition coefficient (Wildman–Crippen LogP) is 2.87. The van der Waals surface area contributed by atoms with Crippen LogP contribution in [0, 0.1) is 11.8 Å². The molecule has 3 aliphatic rings. The molecule has 0 amide bonds. The average Bonchev–Trinajstić information content (AvgIpc) is 2.88.